The van der Waals surface area contributed by atoms with E-state index in [0.29, 0.717) is 33.5 Å². The Morgan fingerprint density at radius 3 is 2.73 bits per heavy atom. The van der Waals surface area contributed by atoms with E-state index in [-0.39, 0.29) is 12.5 Å². The fourth-order valence-electron chi connectivity index (χ4n) is 3.50. The fourth-order valence-corrected chi connectivity index (χ4v) is 3.50. The molecule has 2 aromatic carbocycles. The Balaban J connectivity index is 1.91. The number of nitrogens with zero attached hydrogens (tertiary/aromatic N) is 5. The van der Waals surface area contributed by atoms with Crippen molar-refractivity contribution in [2.45, 2.75) is 20.4 Å². The zero-order valence-corrected chi connectivity index (χ0v) is 16.4. The number of rotatable bonds is 4. The van der Waals surface area contributed by atoms with Crippen LogP contribution in [0.15, 0.2) is 36.5 Å². The van der Waals surface area contributed by atoms with Gasteiger partial charge in [-0.2, -0.15) is 15.3 Å². The summed E-state index contributed by atoms with van der Waals surface area (Å²) in [7, 11) is 0. The number of nitrogen functional groups attached to an aromatic ring is 2. The lowest BCUT2D eigenvalue weighted by Gasteiger charge is -2.12. The summed E-state index contributed by atoms with van der Waals surface area (Å²) in [6, 6.07) is 10.6. The largest absolute Gasteiger partial charge is 0.399 e. The van der Waals surface area contributed by atoms with E-state index in [2.05, 4.69) is 26.6 Å². The number of hydrogen-bond donors (Lipinski definition) is 3. The lowest BCUT2D eigenvalue weighted by Crippen LogP contribution is -2.13. The first-order valence-corrected chi connectivity index (χ1v) is 9.17. The lowest BCUT2D eigenvalue weighted by molar-refractivity contribution is 0.587. The molecule has 0 aliphatic rings. The Labute approximate surface area is 171 Å². The Bertz CT molecular complexity index is 1300. The second kappa shape index (κ2) is 7.42. The molecule has 0 aliphatic carbocycles. The van der Waals surface area contributed by atoms with Crippen LogP contribution in [0.1, 0.15) is 22.3 Å². The number of anilines is 2. The van der Waals surface area contributed by atoms with E-state index in [1.165, 1.54) is 6.07 Å². The molecule has 0 amide bonds. The van der Waals surface area contributed by atoms with Gasteiger partial charge in [0.15, 0.2) is 5.65 Å². The Kier molecular flexibility index (Phi) is 4.77. The van der Waals surface area contributed by atoms with E-state index in [1.54, 1.807) is 36.0 Å². The first-order valence-electron chi connectivity index (χ1n) is 9.17. The maximum atomic E-state index is 14.5. The van der Waals surface area contributed by atoms with E-state index >= 15 is 0 Å². The van der Waals surface area contributed by atoms with Gasteiger partial charge < -0.3 is 5.73 Å². The number of nitrogens with one attached hydrogen (secondary N) is 1. The summed E-state index contributed by atoms with van der Waals surface area (Å²) in [5, 5.41) is 14.4. The van der Waals surface area contributed by atoms with Crippen LogP contribution in [-0.2, 0) is 6.54 Å². The number of nitriles is 1. The van der Waals surface area contributed by atoms with E-state index in [9.17, 15) is 9.65 Å². The van der Waals surface area contributed by atoms with Gasteiger partial charge in [-0.05, 0) is 43.2 Å². The molecule has 0 fully saturated rings. The van der Waals surface area contributed by atoms with Gasteiger partial charge in [0.05, 0.1) is 35.5 Å². The fraction of sp³-hybridized carbons (Fsp3) is 0.143. The minimum Gasteiger partial charge on any atom is -0.399 e. The van der Waals surface area contributed by atoms with Gasteiger partial charge in [0.1, 0.15) is 5.82 Å². The molecule has 8 nitrogen and oxygen atoms in total. The maximum absolute atomic E-state index is 14.5. The molecule has 0 bridgehead atoms. The Morgan fingerprint density at radius 2 is 2.03 bits per heavy atom. The zero-order chi connectivity index (χ0) is 21.4. The van der Waals surface area contributed by atoms with Crippen molar-refractivity contribution in [3.63, 3.8) is 0 Å². The van der Waals surface area contributed by atoms with Crippen LogP contribution in [0.25, 0.3) is 22.3 Å². The summed E-state index contributed by atoms with van der Waals surface area (Å²) in [6.45, 7) is 3.82. The van der Waals surface area contributed by atoms with Gasteiger partial charge in [-0.25, -0.2) is 19.9 Å². The van der Waals surface area contributed by atoms with Crippen molar-refractivity contribution in [3.8, 4) is 17.3 Å². The molecule has 9 heteroatoms. The first kappa shape index (κ1) is 19.3. The van der Waals surface area contributed by atoms with Crippen LogP contribution < -0.4 is 17.0 Å². The molecule has 0 atom stereocenters. The predicted octanol–water partition coefficient (Wildman–Crippen LogP) is 3.04. The minimum absolute atomic E-state index is 0.166. The van der Waals surface area contributed by atoms with Crippen LogP contribution in [0.2, 0.25) is 0 Å². The van der Waals surface area contributed by atoms with Crippen LogP contribution in [0.3, 0.4) is 0 Å². The highest BCUT2D eigenvalue weighted by Crippen LogP contribution is 2.31. The highest BCUT2D eigenvalue weighted by atomic mass is 19.1. The number of hydrazine groups is 1. The van der Waals surface area contributed by atoms with Gasteiger partial charge in [0, 0.05) is 16.8 Å². The van der Waals surface area contributed by atoms with Crippen molar-refractivity contribution < 1.29 is 4.39 Å². The number of fused-ring (bicyclic) bond motifs is 1. The van der Waals surface area contributed by atoms with Gasteiger partial charge in [0.2, 0.25) is 5.95 Å². The topological polar surface area (TPSA) is 131 Å². The standard InChI is InChI=1S/C21H19FN8/c1-11-6-14(24)7-18(22)17(11)10-30-20-16(9-26-30)19(27-21(28-20)29-25)15-5-3-4-13(8-23)12(15)2/h3-7,9H,10,24-25H2,1-2H3,(H,27,28,29). The molecule has 0 unspecified atom stereocenters. The summed E-state index contributed by atoms with van der Waals surface area (Å²) in [5.74, 6) is 5.37. The molecule has 4 rings (SSSR count). The highest BCUT2D eigenvalue weighted by molar-refractivity contribution is 5.92. The molecule has 0 saturated heterocycles. The number of hydrogen-bond acceptors (Lipinski definition) is 7. The molecule has 4 aromatic rings. The second-order valence-corrected chi connectivity index (χ2v) is 6.97. The molecule has 0 radical (unpaired) electrons. The molecular weight excluding hydrogens is 383 g/mol. The Hall–Kier alpha value is -4.03. The van der Waals surface area contributed by atoms with Crippen molar-refractivity contribution in [3.05, 3.63) is 64.6 Å². The summed E-state index contributed by atoms with van der Waals surface area (Å²) in [6.07, 6.45) is 1.63. The quantitative estimate of drug-likeness (QED) is 0.271. The molecule has 30 heavy (non-hydrogen) atoms. The van der Waals surface area contributed by atoms with Crippen molar-refractivity contribution in [1.82, 2.24) is 19.7 Å². The summed E-state index contributed by atoms with van der Waals surface area (Å²) in [4.78, 5) is 8.92. The van der Waals surface area contributed by atoms with E-state index in [1.807, 2.05) is 13.0 Å². The van der Waals surface area contributed by atoms with Crippen LogP contribution in [0, 0.1) is 31.0 Å². The van der Waals surface area contributed by atoms with E-state index in [0.717, 1.165) is 16.7 Å². The van der Waals surface area contributed by atoms with E-state index in [4.69, 9.17) is 11.6 Å². The smallest absolute Gasteiger partial charge is 0.239 e. The molecule has 0 aliphatic heterocycles. The number of aromatic nitrogens is 4. The monoisotopic (exact) mass is 402 g/mol. The summed E-state index contributed by atoms with van der Waals surface area (Å²) >= 11 is 0. The molecule has 0 spiro atoms. The maximum Gasteiger partial charge on any atom is 0.239 e. The first-order chi connectivity index (χ1) is 14.4. The van der Waals surface area contributed by atoms with Crippen molar-refractivity contribution in [2.75, 3.05) is 11.2 Å². The van der Waals surface area contributed by atoms with Crippen molar-refractivity contribution in [1.29, 1.82) is 5.26 Å². The SMILES string of the molecule is Cc1cc(N)cc(F)c1Cn1ncc2c(-c3cccc(C#N)c3C)nc(NN)nc21. The normalized spacial score (nSPS) is 10.9. The van der Waals surface area contributed by atoms with Gasteiger partial charge in [0.25, 0.3) is 0 Å². The van der Waals surface area contributed by atoms with Gasteiger partial charge in [-0.15, -0.1) is 0 Å². The van der Waals surface area contributed by atoms with Crippen molar-refractivity contribution in [2.24, 2.45) is 5.84 Å². The molecule has 150 valence electrons. The Morgan fingerprint density at radius 1 is 1.23 bits per heavy atom. The van der Waals surface area contributed by atoms with Gasteiger partial charge in [-0.1, -0.05) is 12.1 Å². The van der Waals surface area contributed by atoms with Crippen LogP contribution in [-0.4, -0.2) is 19.7 Å². The molecule has 0 saturated carbocycles. The lowest BCUT2D eigenvalue weighted by atomic mass is 9.99. The molecule has 2 heterocycles. The number of nitrogens with two attached hydrogens (primary N) is 2. The average Bonchev–Trinajstić information content (AvgIpc) is 3.13. The number of aryl methyl sites for hydroxylation is 1. The molecule has 2 aromatic heterocycles. The summed E-state index contributed by atoms with van der Waals surface area (Å²) < 4.78 is 16.1. The van der Waals surface area contributed by atoms with Crippen molar-refractivity contribution >= 4 is 22.7 Å². The molecular formula is C21H19FN8. The van der Waals surface area contributed by atoms with E-state index < -0.39 is 5.82 Å². The van der Waals surface area contributed by atoms with Crippen LogP contribution in [0.4, 0.5) is 16.0 Å². The van der Waals surface area contributed by atoms with Crippen LogP contribution in [0.5, 0.6) is 0 Å². The second-order valence-electron chi connectivity index (χ2n) is 6.97. The van der Waals surface area contributed by atoms with Crippen LogP contribution >= 0.6 is 0 Å². The summed E-state index contributed by atoms with van der Waals surface area (Å²) in [5.41, 5.74) is 12.9. The highest BCUT2D eigenvalue weighted by Gasteiger charge is 2.18. The number of benzene rings is 2. The third-order valence-electron chi connectivity index (χ3n) is 5.08. The third-order valence-corrected chi connectivity index (χ3v) is 5.08. The van der Waals surface area contributed by atoms with Gasteiger partial charge >= 0.3 is 0 Å². The average molecular weight is 402 g/mol. The third kappa shape index (κ3) is 3.19. The molecule has 5 N–H and O–H groups in total. The minimum atomic E-state index is -0.403. The number of halogens is 1. The predicted molar refractivity (Wildman–Crippen MR) is 113 cm³/mol. The van der Waals surface area contributed by atoms with Gasteiger partial charge in [-0.3, -0.25) is 5.43 Å². The zero-order valence-electron chi connectivity index (χ0n) is 16.4.